The molecule has 0 bridgehead atoms. The SMILES string of the molecule is O=C(Cc1cc(-c2cccs2)on1)Nc1ccc(Cl)c(Cl)c1. The van der Waals surface area contributed by atoms with Crippen molar-refractivity contribution in [3.63, 3.8) is 0 Å². The first-order valence-corrected chi connectivity index (χ1v) is 8.00. The van der Waals surface area contributed by atoms with Gasteiger partial charge in [0.1, 0.15) is 0 Å². The van der Waals surface area contributed by atoms with E-state index in [9.17, 15) is 4.79 Å². The Bertz CT molecular complexity index is 800. The first-order valence-electron chi connectivity index (χ1n) is 6.36. The number of halogens is 2. The van der Waals surface area contributed by atoms with E-state index < -0.39 is 0 Å². The Kier molecular flexibility index (Phi) is 4.47. The molecule has 1 N–H and O–H groups in total. The molecule has 4 nitrogen and oxygen atoms in total. The number of amides is 1. The highest BCUT2D eigenvalue weighted by molar-refractivity contribution is 7.13. The van der Waals surface area contributed by atoms with Crippen LogP contribution in [0.25, 0.3) is 10.6 Å². The van der Waals surface area contributed by atoms with Crippen LogP contribution in [0.3, 0.4) is 0 Å². The molecular formula is C15H10Cl2N2O2S. The van der Waals surface area contributed by atoms with E-state index in [1.807, 2.05) is 17.5 Å². The van der Waals surface area contributed by atoms with Gasteiger partial charge in [0.2, 0.25) is 5.91 Å². The summed E-state index contributed by atoms with van der Waals surface area (Å²) in [5.41, 5.74) is 1.15. The number of benzene rings is 1. The molecule has 0 aliphatic carbocycles. The second-order valence-corrected chi connectivity index (χ2v) is 6.28. The molecule has 3 aromatic rings. The summed E-state index contributed by atoms with van der Waals surface area (Å²) >= 11 is 13.3. The molecule has 1 aromatic carbocycles. The summed E-state index contributed by atoms with van der Waals surface area (Å²) < 4.78 is 5.24. The summed E-state index contributed by atoms with van der Waals surface area (Å²) in [6, 6.07) is 10.5. The van der Waals surface area contributed by atoms with E-state index in [-0.39, 0.29) is 12.3 Å². The molecule has 2 heterocycles. The second-order valence-electron chi connectivity index (χ2n) is 4.51. The molecule has 0 unspecified atom stereocenters. The van der Waals surface area contributed by atoms with Crippen LogP contribution in [0.1, 0.15) is 5.69 Å². The molecule has 1 amide bonds. The molecule has 0 saturated carbocycles. The van der Waals surface area contributed by atoms with Crippen LogP contribution in [-0.4, -0.2) is 11.1 Å². The summed E-state index contributed by atoms with van der Waals surface area (Å²) in [4.78, 5) is 13.0. The fourth-order valence-corrected chi connectivity index (χ4v) is 2.84. The summed E-state index contributed by atoms with van der Waals surface area (Å²) in [5.74, 6) is 0.455. The molecule has 112 valence electrons. The smallest absolute Gasteiger partial charge is 0.230 e. The number of anilines is 1. The van der Waals surface area contributed by atoms with Gasteiger partial charge in [-0.1, -0.05) is 34.4 Å². The maximum Gasteiger partial charge on any atom is 0.230 e. The van der Waals surface area contributed by atoms with Gasteiger partial charge in [-0.3, -0.25) is 4.79 Å². The average molecular weight is 353 g/mol. The fraction of sp³-hybridized carbons (Fsp3) is 0.0667. The lowest BCUT2D eigenvalue weighted by molar-refractivity contribution is -0.115. The number of hydrogen-bond acceptors (Lipinski definition) is 4. The summed E-state index contributed by atoms with van der Waals surface area (Å²) in [5, 5.41) is 9.43. The van der Waals surface area contributed by atoms with Crippen molar-refractivity contribution in [2.45, 2.75) is 6.42 Å². The minimum absolute atomic E-state index is 0.120. The van der Waals surface area contributed by atoms with Crippen molar-refractivity contribution in [2.24, 2.45) is 0 Å². The third-order valence-corrected chi connectivity index (χ3v) is 4.49. The number of carbonyl (C=O) groups is 1. The number of nitrogens with one attached hydrogen (secondary N) is 1. The van der Waals surface area contributed by atoms with Crippen LogP contribution >= 0.6 is 34.5 Å². The van der Waals surface area contributed by atoms with Crippen molar-refractivity contribution in [1.82, 2.24) is 5.16 Å². The van der Waals surface area contributed by atoms with Gasteiger partial charge in [-0.2, -0.15) is 0 Å². The number of nitrogens with zero attached hydrogens (tertiary/aromatic N) is 1. The zero-order valence-electron chi connectivity index (χ0n) is 11.2. The van der Waals surface area contributed by atoms with Crippen LogP contribution in [0.2, 0.25) is 10.0 Å². The minimum Gasteiger partial charge on any atom is -0.355 e. The van der Waals surface area contributed by atoms with Crippen LogP contribution in [0, 0.1) is 0 Å². The molecule has 0 aliphatic rings. The summed E-state index contributed by atoms with van der Waals surface area (Å²) in [6.07, 6.45) is 0.120. The zero-order valence-corrected chi connectivity index (χ0v) is 13.5. The van der Waals surface area contributed by atoms with Gasteiger partial charge < -0.3 is 9.84 Å². The molecule has 2 aromatic heterocycles. The Balaban J connectivity index is 1.65. The van der Waals surface area contributed by atoms with Crippen molar-refractivity contribution >= 4 is 46.1 Å². The quantitative estimate of drug-likeness (QED) is 0.726. The Labute approximate surface area is 140 Å². The molecule has 0 fully saturated rings. The Hall–Kier alpha value is -1.82. The molecular weight excluding hydrogens is 343 g/mol. The van der Waals surface area contributed by atoms with Gasteiger partial charge in [0.15, 0.2) is 5.76 Å². The normalized spacial score (nSPS) is 10.6. The van der Waals surface area contributed by atoms with Gasteiger partial charge in [-0.25, -0.2) is 0 Å². The van der Waals surface area contributed by atoms with Crippen LogP contribution < -0.4 is 5.32 Å². The molecule has 0 spiro atoms. The summed E-state index contributed by atoms with van der Waals surface area (Å²) in [7, 11) is 0. The highest BCUT2D eigenvalue weighted by Crippen LogP contribution is 2.26. The minimum atomic E-state index is -0.204. The zero-order chi connectivity index (χ0) is 15.5. The van der Waals surface area contributed by atoms with Gasteiger partial charge >= 0.3 is 0 Å². The standard InChI is InChI=1S/C15H10Cl2N2O2S/c16-11-4-3-9(6-12(11)17)18-15(20)8-10-7-13(21-19-10)14-2-1-5-22-14/h1-7H,8H2,(H,18,20). The number of carbonyl (C=O) groups excluding carboxylic acids is 1. The first kappa shape index (κ1) is 15.1. The van der Waals surface area contributed by atoms with E-state index in [0.29, 0.717) is 27.2 Å². The highest BCUT2D eigenvalue weighted by atomic mass is 35.5. The first-order chi connectivity index (χ1) is 10.6. The lowest BCUT2D eigenvalue weighted by atomic mass is 10.2. The lowest BCUT2D eigenvalue weighted by Crippen LogP contribution is -2.14. The number of thiophene rings is 1. The fourth-order valence-electron chi connectivity index (χ4n) is 1.87. The van der Waals surface area contributed by atoms with Crippen molar-refractivity contribution < 1.29 is 9.32 Å². The predicted octanol–water partition coefficient (Wildman–Crippen LogP) is 4.89. The maximum atomic E-state index is 12.0. The third-order valence-electron chi connectivity index (χ3n) is 2.87. The Morgan fingerprint density at radius 2 is 2.09 bits per heavy atom. The van der Waals surface area contributed by atoms with Crippen LogP contribution in [-0.2, 0) is 11.2 Å². The Morgan fingerprint density at radius 3 is 2.82 bits per heavy atom. The van der Waals surface area contributed by atoms with E-state index in [2.05, 4.69) is 10.5 Å². The number of aromatic nitrogens is 1. The molecule has 0 radical (unpaired) electrons. The van der Waals surface area contributed by atoms with Crippen LogP contribution in [0.15, 0.2) is 46.3 Å². The van der Waals surface area contributed by atoms with E-state index >= 15 is 0 Å². The van der Waals surface area contributed by atoms with Gasteiger partial charge in [-0.15, -0.1) is 11.3 Å². The van der Waals surface area contributed by atoms with Gasteiger partial charge in [0, 0.05) is 11.8 Å². The highest BCUT2D eigenvalue weighted by Gasteiger charge is 2.12. The van der Waals surface area contributed by atoms with Crippen LogP contribution in [0.5, 0.6) is 0 Å². The molecule has 0 aliphatic heterocycles. The second kappa shape index (κ2) is 6.52. The van der Waals surface area contributed by atoms with E-state index in [1.165, 1.54) is 0 Å². The summed E-state index contributed by atoms with van der Waals surface area (Å²) in [6.45, 7) is 0. The molecule has 0 saturated heterocycles. The van der Waals surface area contributed by atoms with Gasteiger partial charge in [-0.05, 0) is 29.6 Å². The monoisotopic (exact) mass is 352 g/mol. The number of rotatable bonds is 4. The predicted molar refractivity (Wildman–Crippen MR) is 88.6 cm³/mol. The lowest BCUT2D eigenvalue weighted by Gasteiger charge is -2.04. The van der Waals surface area contributed by atoms with E-state index in [4.69, 9.17) is 27.7 Å². The van der Waals surface area contributed by atoms with Crippen molar-refractivity contribution in [3.05, 3.63) is 57.5 Å². The molecule has 22 heavy (non-hydrogen) atoms. The molecule has 7 heteroatoms. The number of hydrogen-bond donors (Lipinski definition) is 1. The van der Waals surface area contributed by atoms with Crippen molar-refractivity contribution in [2.75, 3.05) is 5.32 Å². The van der Waals surface area contributed by atoms with E-state index in [1.54, 1.807) is 35.6 Å². The average Bonchev–Trinajstić information content (AvgIpc) is 3.13. The van der Waals surface area contributed by atoms with Gasteiger partial charge in [0.05, 0.1) is 27.0 Å². The largest absolute Gasteiger partial charge is 0.355 e. The van der Waals surface area contributed by atoms with Crippen molar-refractivity contribution in [3.8, 4) is 10.6 Å². The van der Waals surface area contributed by atoms with Crippen molar-refractivity contribution in [1.29, 1.82) is 0 Å². The maximum absolute atomic E-state index is 12.0. The Morgan fingerprint density at radius 1 is 1.23 bits per heavy atom. The van der Waals surface area contributed by atoms with Gasteiger partial charge in [0.25, 0.3) is 0 Å². The molecule has 0 atom stereocenters. The molecule has 3 rings (SSSR count). The van der Waals surface area contributed by atoms with Crippen LogP contribution in [0.4, 0.5) is 5.69 Å². The van der Waals surface area contributed by atoms with E-state index in [0.717, 1.165) is 4.88 Å². The third kappa shape index (κ3) is 3.50. The topological polar surface area (TPSA) is 55.1 Å².